The number of carboxylic acid groups (broad SMARTS) is 1. The van der Waals surface area contributed by atoms with Gasteiger partial charge < -0.3 is 14.6 Å². The fourth-order valence-corrected chi connectivity index (χ4v) is 1.57. The lowest BCUT2D eigenvalue weighted by atomic mass is 10.1. The van der Waals surface area contributed by atoms with E-state index in [2.05, 4.69) is 0 Å². The van der Waals surface area contributed by atoms with Crippen LogP contribution in [-0.2, 0) is 11.2 Å². The summed E-state index contributed by atoms with van der Waals surface area (Å²) in [5, 5.41) is 8.78. The number of hydrogen-bond donors (Lipinski definition) is 1. The monoisotopic (exact) mass is 194 g/mol. The highest BCUT2D eigenvalue weighted by Crippen LogP contribution is 2.35. The number of carboxylic acids is 1. The van der Waals surface area contributed by atoms with E-state index in [1.165, 1.54) is 0 Å². The fraction of sp³-hybridized carbons (Fsp3) is 0.300. The molecule has 0 fully saturated rings. The van der Waals surface area contributed by atoms with Crippen molar-refractivity contribution in [2.45, 2.75) is 12.5 Å². The highest BCUT2D eigenvalue weighted by Gasteiger charge is 2.30. The zero-order valence-corrected chi connectivity index (χ0v) is 7.69. The van der Waals surface area contributed by atoms with E-state index in [0.29, 0.717) is 17.9 Å². The summed E-state index contributed by atoms with van der Waals surface area (Å²) in [5.41, 5.74) is 0.836. The van der Waals surface area contributed by atoms with Crippen LogP contribution in [0.25, 0.3) is 0 Å². The molecule has 1 aromatic carbocycles. The van der Waals surface area contributed by atoms with Crippen molar-refractivity contribution >= 4 is 5.97 Å². The molecule has 0 aliphatic carbocycles. The van der Waals surface area contributed by atoms with E-state index >= 15 is 0 Å². The van der Waals surface area contributed by atoms with Crippen molar-refractivity contribution in [3.8, 4) is 11.5 Å². The van der Waals surface area contributed by atoms with Crippen molar-refractivity contribution in [3.63, 3.8) is 0 Å². The molecule has 1 N–H and O–H groups in total. The Balaban J connectivity index is 2.34. The second-order valence-electron chi connectivity index (χ2n) is 3.09. The van der Waals surface area contributed by atoms with Crippen LogP contribution in [0.2, 0.25) is 0 Å². The molecule has 0 aromatic heterocycles. The first-order valence-electron chi connectivity index (χ1n) is 4.27. The molecule has 1 heterocycles. The van der Waals surface area contributed by atoms with Crippen molar-refractivity contribution in [3.05, 3.63) is 23.8 Å². The maximum absolute atomic E-state index is 10.7. The smallest absolute Gasteiger partial charge is 0.345 e. The zero-order valence-electron chi connectivity index (χ0n) is 7.69. The summed E-state index contributed by atoms with van der Waals surface area (Å²) in [4.78, 5) is 10.7. The van der Waals surface area contributed by atoms with E-state index in [9.17, 15) is 4.79 Å². The van der Waals surface area contributed by atoms with Crippen LogP contribution in [0.4, 0.5) is 0 Å². The third-order valence-electron chi connectivity index (χ3n) is 2.24. The molecule has 1 aromatic rings. The highest BCUT2D eigenvalue weighted by molar-refractivity contribution is 5.75. The molecule has 1 aliphatic heterocycles. The van der Waals surface area contributed by atoms with Gasteiger partial charge in [-0.2, -0.15) is 0 Å². The van der Waals surface area contributed by atoms with Gasteiger partial charge in [-0.3, -0.25) is 0 Å². The molecule has 0 spiro atoms. The van der Waals surface area contributed by atoms with Crippen molar-refractivity contribution in [2.75, 3.05) is 7.11 Å². The summed E-state index contributed by atoms with van der Waals surface area (Å²) in [6.45, 7) is 0. The zero-order chi connectivity index (χ0) is 10.1. The Morgan fingerprint density at radius 3 is 3.07 bits per heavy atom. The maximum Gasteiger partial charge on any atom is 0.345 e. The van der Waals surface area contributed by atoms with Crippen molar-refractivity contribution in [2.24, 2.45) is 0 Å². The second-order valence-corrected chi connectivity index (χ2v) is 3.09. The summed E-state index contributed by atoms with van der Waals surface area (Å²) in [6.07, 6.45) is -0.407. The third-order valence-corrected chi connectivity index (χ3v) is 2.24. The minimum absolute atomic E-state index is 0.370. The largest absolute Gasteiger partial charge is 0.496 e. The molecule has 14 heavy (non-hydrogen) atoms. The molecule has 2 rings (SSSR count). The van der Waals surface area contributed by atoms with Crippen LogP contribution < -0.4 is 9.47 Å². The molecular formula is C10H10O4. The van der Waals surface area contributed by atoms with Gasteiger partial charge in [-0.25, -0.2) is 4.79 Å². The highest BCUT2D eigenvalue weighted by atomic mass is 16.5. The average Bonchev–Trinajstić information content (AvgIpc) is 2.60. The molecule has 0 amide bonds. The summed E-state index contributed by atoms with van der Waals surface area (Å²) >= 11 is 0. The van der Waals surface area contributed by atoms with Crippen LogP contribution in [0.5, 0.6) is 11.5 Å². The van der Waals surface area contributed by atoms with Gasteiger partial charge in [-0.1, -0.05) is 6.07 Å². The lowest BCUT2D eigenvalue weighted by Gasteiger charge is -2.03. The summed E-state index contributed by atoms with van der Waals surface area (Å²) < 4.78 is 10.3. The van der Waals surface area contributed by atoms with Gasteiger partial charge in [0.2, 0.25) is 0 Å². The molecule has 4 heteroatoms. The van der Waals surface area contributed by atoms with Gasteiger partial charge >= 0.3 is 5.97 Å². The maximum atomic E-state index is 10.7. The Morgan fingerprint density at radius 2 is 2.43 bits per heavy atom. The molecule has 0 radical (unpaired) electrons. The van der Waals surface area contributed by atoms with Gasteiger partial charge in [0, 0.05) is 12.0 Å². The molecule has 74 valence electrons. The van der Waals surface area contributed by atoms with Crippen LogP contribution in [0, 0.1) is 0 Å². The predicted octanol–water partition coefficient (Wildman–Crippen LogP) is 1.08. The number of benzene rings is 1. The molecule has 0 saturated heterocycles. The number of ether oxygens (including phenoxy) is 2. The van der Waals surface area contributed by atoms with Gasteiger partial charge in [-0.05, 0) is 12.1 Å². The van der Waals surface area contributed by atoms with E-state index in [1.807, 2.05) is 0 Å². The summed E-state index contributed by atoms with van der Waals surface area (Å²) in [7, 11) is 1.56. The Bertz CT molecular complexity index is 372. The number of carbonyl (C=O) groups is 1. The minimum atomic E-state index is -0.941. The SMILES string of the molecule is COc1cccc2c1C[C@@H](C(=O)O)O2. The first kappa shape index (κ1) is 8.87. The van der Waals surface area contributed by atoms with Crippen molar-refractivity contribution < 1.29 is 19.4 Å². The molecular weight excluding hydrogens is 184 g/mol. The van der Waals surface area contributed by atoms with Crippen molar-refractivity contribution in [1.29, 1.82) is 0 Å². The number of hydrogen-bond acceptors (Lipinski definition) is 3. The molecule has 1 atom stereocenters. The number of methoxy groups -OCH3 is 1. The predicted molar refractivity (Wildman–Crippen MR) is 48.7 cm³/mol. The van der Waals surface area contributed by atoms with E-state index in [-0.39, 0.29) is 0 Å². The molecule has 1 aliphatic rings. The van der Waals surface area contributed by atoms with Gasteiger partial charge in [0.05, 0.1) is 7.11 Å². The summed E-state index contributed by atoms with van der Waals surface area (Å²) in [6, 6.07) is 5.33. The van der Waals surface area contributed by atoms with Crippen LogP contribution in [0.1, 0.15) is 5.56 Å². The van der Waals surface area contributed by atoms with E-state index in [1.54, 1.807) is 25.3 Å². The van der Waals surface area contributed by atoms with Crippen LogP contribution in [0.15, 0.2) is 18.2 Å². The molecule has 0 bridgehead atoms. The Morgan fingerprint density at radius 1 is 1.64 bits per heavy atom. The first-order chi connectivity index (χ1) is 6.72. The first-order valence-corrected chi connectivity index (χ1v) is 4.27. The third kappa shape index (κ3) is 1.28. The Hall–Kier alpha value is -1.71. The Kier molecular flexibility index (Phi) is 2.04. The quantitative estimate of drug-likeness (QED) is 0.765. The molecule has 0 unspecified atom stereocenters. The number of rotatable bonds is 2. The summed E-state index contributed by atoms with van der Waals surface area (Å²) in [5.74, 6) is 0.353. The lowest BCUT2D eigenvalue weighted by Crippen LogP contribution is -2.24. The van der Waals surface area contributed by atoms with Gasteiger partial charge in [0.15, 0.2) is 6.10 Å². The second kappa shape index (κ2) is 3.21. The number of fused-ring (bicyclic) bond motifs is 1. The fourth-order valence-electron chi connectivity index (χ4n) is 1.57. The standard InChI is InChI=1S/C10H10O4/c1-13-7-3-2-4-8-6(7)5-9(14-8)10(11)12/h2-4,9H,5H2,1H3,(H,11,12)/t9-/m0/s1. The van der Waals surface area contributed by atoms with E-state index in [4.69, 9.17) is 14.6 Å². The molecule has 0 saturated carbocycles. The average molecular weight is 194 g/mol. The normalized spacial score (nSPS) is 18.5. The topological polar surface area (TPSA) is 55.8 Å². The van der Waals surface area contributed by atoms with Gasteiger partial charge in [0.25, 0.3) is 0 Å². The van der Waals surface area contributed by atoms with Gasteiger partial charge in [0.1, 0.15) is 11.5 Å². The Labute approximate surface area is 81.1 Å². The minimum Gasteiger partial charge on any atom is -0.496 e. The van der Waals surface area contributed by atoms with E-state index in [0.717, 1.165) is 5.56 Å². The van der Waals surface area contributed by atoms with Gasteiger partial charge in [-0.15, -0.1) is 0 Å². The van der Waals surface area contributed by atoms with E-state index < -0.39 is 12.1 Å². The number of aliphatic carboxylic acids is 1. The lowest BCUT2D eigenvalue weighted by molar-refractivity contribution is -0.144. The van der Waals surface area contributed by atoms with Crippen LogP contribution >= 0.6 is 0 Å². The van der Waals surface area contributed by atoms with Crippen molar-refractivity contribution in [1.82, 2.24) is 0 Å². The van der Waals surface area contributed by atoms with Crippen LogP contribution in [-0.4, -0.2) is 24.3 Å². The molecule has 4 nitrogen and oxygen atoms in total. The van der Waals surface area contributed by atoms with Crippen LogP contribution in [0.3, 0.4) is 0 Å².